The van der Waals surface area contributed by atoms with E-state index in [1.807, 2.05) is 12.2 Å². The van der Waals surface area contributed by atoms with Crippen LogP contribution >= 0.6 is 0 Å². The normalized spacial score (nSPS) is 11.9. The quantitative estimate of drug-likeness (QED) is 0.165. The summed E-state index contributed by atoms with van der Waals surface area (Å²) in [7, 11) is 2.49. The van der Waals surface area contributed by atoms with Gasteiger partial charge in [0.05, 0.1) is 19.9 Å². The van der Waals surface area contributed by atoms with Gasteiger partial charge in [0.1, 0.15) is 6.26 Å². The van der Waals surface area contributed by atoms with Crippen LogP contribution in [0.2, 0.25) is 0 Å². The van der Waals surface area contributed by atoms with Crippen LogP contribution in [0.25, 0.3) is 0 Å². The predicted molar refractivity (Wildman–Crippen MR) is 109 cm³/mol. The number of esters is 1. The minimum Gasteiger partial charge on any atom is -0.502 e. The molecule has 7 nitrogen and oxygen atoms in total. The van der Waals surface area contributed by atoms with E-state index in [9.17, 15) is 14.4 Å². The molecule has 0 fully saturated rings. The number of hydrogen-bond donors (Lipinski definition) is 2. The van der Waals surface area contributed by atoms with Crippen LogP contribution in [0.3, 0.4) is 0 Å². The summed E-state index contributed by atoms with van der Waals surface area (Å²) in [5, 5.41) is 4.66. The molecule has 0 saturated heterocycles. The molecular weight excluding hydrogens is 360 g/mol. The van der Waals surface area contributed by atoms with E-state index in [1.165, 1.54) is 39.9 Å². The lowest BCUT2D eigenvalue weighted by Gasteiger charge is -2.10. The Labute approximate surface area is 167 Å². The van der Waals surface area contributed by atoms with Crippen LogP contribution < -0.4 is 10.6 Å². The second-order valence-corrected chi connectivity index (χ2v) is 6.13. The largest absolute Gasteiger partial charge is 0.502 e. The van der Waals surface area contributed by atoms with Gasteiger partial charge in [-0.1, -0.05) is 57.4 Å². The van der Waals surface area contributed by atoms with Gasteiger partial charge in [-0.15, -0.1) is 0 Å². The minimum absolute atomic E-state index is 0.205. The third-order valence-electron chi connectivity index (χ3n) is 3.74. The summed E-state index contributed by atoms with van der Waals surface area (Å²) in [4.78, 5) is 35.7. The average Bonchev–Trinajstić information content (AvgIpc) is 2.68. The van der Waals surface area contributed by atoms with E-state index < -0.39 is 17.8 Å². The highest BCUT2D eigenvalue weighted by atomic mass is 16.5. The molecule has 0 aromatic rings. The van der Waals surface area contributed by atoms with Gasteiger partial charge in [0.15, 0.2) is 5.70 Å². The lowest BCUT2D eigenvalue weighted by atomic mass is 10.1. The second-order valence-electron chi connectivity index (χ2n) is 6.13. The first-order valence-corrected chi connectivity index (χ1v) is 9.33. The van der Waals surface area contributed by atoms with Crippen molar-refractivity contribution in [2.24, 2.45) is 0 Å². The summed E-state index contributed by atoms with van der Waals surface area (Å²) in [5.41, 5.74) is 0.0138. The lowest BCUT2D eigenvalue weighted by Crippen LogP contribution is -2.36. The van der Waals surface area contributed by atoms with Crippen LogP contribution in [0.15, 0.2) is 48.0 Å². The summed E-state index contributed by atoms with van der Waals surface area (Å²) in [6.45, 7) is 7.33. The highest BCUT2D eigenvalue weighted by Crippen LogP contribution is 2.06. The molecule has 0 aliphatic heterocycles. The van der Waals surface area contributed by atoms with Gasteiger partial charge in [0.25, 0.3) is 11.8 Å². The van der Waals surface area contributed by atoms with Crippen molar-refractivity contribution in [1.29, 1.82) is 0 Å². The number of carbonyl (C=O) groups is 3. The third-order valence-corrected chi connectivity index (χ3v) is 3.74. The van der Waals surface area contributed by atoms with E-state index in [0.29, 0.717) is 5.57 Å². The number of nitrogens with one attached hydrogen (secondary N) is 2. The van der Waals surface area contributed by atoms with Crippen LogP contribution in [0, 0.1) is 0 Å². The molecule has 0 aliphatic rings. The first-order chi connectivity index (χ1) is 13.4. The summed E-state index contributed by atoms with van der Waals surface area (Å²) in [5.74, 6) is -1.99. The molecular formula is C21H32N2O5. The number of allylic oxidation sites excluding steroid dienone is 3. The zero-order valence-electron chi connectivity index (χ0n) is 17.3. The molecule has 0 saturated carbocycles. The van der Waals surface area contributed by atoms with E-state index >= 15 is 0 Å². The molecule has 156 valence electrons. The van der Waals surface area contributed by atoms with Gasteiger partial charge in [-0.3, -0.25) is 9.59 Å². The smallest absolute Gasteiger partial charge is 0.357 e. The SMILES string of the molecule is C=C(NC(=O)/C(C)=C/C=CCCCCCCC)C(=O)NC(=COC)C(=O)OC. The van der Waals surface area contributed by atoms with Crippen molar-refractivity contribution in [2.75, 3.05) is 14.2 Å². The van der Waals surface area contributed by atoms with Crippen LogP contribution in [-0.2, 0) is 23.9 Å². The molecule has 0 unspecified atom stereocenters. The fourth-order valence-corrected chi connectivity index (χ4v) is 2.10. The van der Waals surface area contributed by atoms with Crippen molar-refractivity contribution < 1.29 is 23.9 Å². The number of methoxy groups -OCH3 is 2. The molecule has 2 N–H and O–H groups in total. The molecule has 0 spiro atoms. The maximum Gasteiger partial charge on any atom is 0.357 e. The second kappa shape index (κ2) is 15.2. The third kappa shape index (κ3) is 11.0. The van der Waals surface area contributed by atoms with Gasteiger partial charge in [0, 0.05) is 5.57 Å². The van der Waals surface area contributed by atoms with E-state index in [0.717, 1.165) is 19.1 Å². The van der Waals surface area contributed by atoms with Gasteiger partial charge >= 0.3 is 5.97 Å². The predicted octanol–water partition coefficient (Wildman–Crippen LogP) is 3.26. The Morgan fingerprint density at radius 1 is 1.00 bits per heavy atom. The van der Waals surface area contributed by atoms with E-state index in [-0.39, 0.29) is 11.4 Å². The van der Waals surface area contributed by atoms with Crippen molar-refractivity contribution in [2.45, 2.75) is 52.4 Å². The van der Waals surface area contributed by atoms with Crippen molar-refractivity contribution >= 4 is 17.8 Å². The van der Waals surface area contributed by atoms with Crippen molar-refractivity contribution in [3.05, 3.63) is 48.0 Å². The monoisotopic (exact) mass is 392 g/mol. The van der Waals surface area contributed by atoms with Crippen molar-refractivity contribution in [1.82, 2.24) is 10.6 Å². The molecule has 0 heterocycles. The first-order valence-electron chi connectivity index (χ1n) is 9.33. The zero-order chi connectivity index (χ0) is 21.4. The molecule has 0 rings (SSSR count). The molecule has 0 aromatic carbocycles. The van der Waals surface area contributed by atoms with E-state index in [1.54, 1.807) is 13.0 Å². The molecule has 0 bridgehead atoms. The highest BCUT2D eigenvalue weighted by molar-refractivity contribution is 6.04. The zero-order valence-corrected chi connectivity index (χ0v) is 17.3. The molecule has 0 aliphatic carbocycles. The summed E-state index contributed by atoms with van der Waals surface area (Å²) in [6, 6.07) is 0. The minimum atomic E-state index is -0.787. The van der Waals surface area contributed by atoms with Crippen LogP contribution in [0.1, 0.15) is 52.4 Å². The lowest BCUT2D eigenvalue weighted by molar-refractivity contribution is -0.137. The maximum atomic E-state index is 12.1. The van der Waals surface area contributed by atoms with Crippen LogP contribution in [0.4, 0.5) is 0 Å². The number of rotatable bonds is 13. The molecule has 2 amide bonds. The Kier molecular flexibility index (Phi) is 13.7. The first kappa shape index (κ1) is 25.2. The van der Waals surface area contributed by atoms with Gasteiger partial charge in [-0.05, 0) is 19.8 Å². The van der Waals surface area contributed by atoms with Crippen molar-refractivity contribution in [3.63, 3.8) is 0 Å². The fraction of sp³-hybridized carbons (Fsp3) is 0.476. The molecule has 0 radical (unpaired) electrons. The van der Waals surface area contributed by atoms with Gasteiger partial charge in [-0.2, -0.15) is 0 Å². The number of ether oxygens (including phenoxy) is 2. The topological polar surface area (TPSA) is 93.7 Å². The van der Waals surface area contributed by atoms with Crippen molar-refractivity contribution in [3.8, 4) is 0 Å². The van der Waals surface area contributed by atoms with E-state index in [2.05, 4.69) is 28.9 Å². The van der Waals surface area contributed by atoms with Gasteiger partial charge in [-0.25, -0.2) is 4.79 Å². The number of unbranched alkanes of at least 4 members (excludes halogenated alkanes) is 5. The van der Waals surface area contributed by atoms with E-state index in [4.69, 9.17) is 4.74 Å². The highest BCUT2D eigenvalue weighted by Gasteiger charge is 2.17. The molecule has 7 heteroatoms. The Balaban J connectivity index is 4.50. The van der Waals surface area contributed by atoms with Gasteiger partial charge in [0.2, 0.25) is 0 Å². The number of hydrogen-bond acceptors (Lipinski definition) is 5. The number of amides is 2. The fourth-order valence-electron chi connectivity index (χ4n) is 2.10. The number of carbonyl (C=O) groups excluding carboxylic acids is 3. The Hall–Kier alpha value is -2.83. The Morgan fingerprint density at radius 2 is 1.68 bits per heavy atom. The van der Waals surface area contributed by atoms with Gasteiger partial charge < -0.3 is 20.1 Å². The molecule has 0 aromatic heterocycles. The molecule has 28 heavy (non-hydrogen) atoms. The maximum absolute atomic E-state index is 12.1. The summed E-state index contributed by atoms with van der Waals surface area (Å²) < 4.78 is 9.23. The summed E-state index contributed by atoms with van der Waals surface area (Å²) in [6.07, 6.45) is 13.6. The Morgan fingerprint density at radius 3 is 2.29 bits per heavy atom. The van der Waals surface area contributed by atoms with Crippen LogP contribution in [0.5, 0.6) is 0 Å². The Bertz CT molecular complexity index is 633. The average molecular weight is 392 g/mol. The molecule has 0 atom stereocenters. The summed E-state index contributed by atoms with van der Waals surface area (Å²) >= 11 is 0. The standard InChI is InChI=1S/C21H32N2O5/c1-6-7-8-9-10-11-12-13-14-16(2)19(24)22-17(3)20(25)23-18(15-27-4)21(26)28-5/h12-15H,3,6-11H2,1-2,4-5H3,(H,22,24)(H,23,25)/b13-12?,16-14+,18-15?. The van der Waals surface area contributed by atoms with Crippen LogP contribution in [-0.4, -0.2) is 32.0 Å².